The van der Waals surface area contributed by atoms with Gasteiger partial charge in [-0.1, -0.05) is 19.1 Å². The summed E-state index contributed by atoms with van der Waals surface area (Å²) < 4.78 is 2.05. The Morgan fingerprint density at radius 3 is 2.53 bits per heavy atom. The van der Waals surface area contributed by atoms with Crippen molar-refractivity contribution in [2.24, 2.45) is 0 Å². The highest BCUT2D eigenvalue weighted by atomic mass is 32.2. The van der Waals surface area contributed by atoms with E-state index in [0.29, 0.717) is 0 Å². The zero-order valence-electron chi connectivity index (χ0n) is 11.8. The van der Waals surface area contributed by atoms with Crippen LogP contribution in [0.3, 0.4) is 0 Å². The summed E-state index contributed by atoms with van der Waals surface area (Å²) in [6, 6.07) is 11.1. The number of benzene rings is 1. The first-order valence-corrected chi connectivity index (χ1v) is 7.91. The first-order chi connectivity index (χ1) is 9.30. The molecule has 1 heterocycles. The minimum atomic E-state index is 0.211. The highest BCUT2D eigenvalue weighted by molar-refractivity contribution is 7.98. The second kappa shape index (κ2) is 6.78. The van der Waals surface area contributed by atoms with Crippen LogP contribution in [0.2, 0.25) is 0 Å². The van der Waals surface area contributed by atoms with Gasteiger partial charge in [0.1, 0.15) is 0 Å². The third-order valence-electron chi connectivity index (χ3n) is 3.20. The summed E-state index contributed by atoms with van der Waals surface area (Å²) in [6.45, 7) is 6.09. The Morgan fingerprint density at radius 1 is 1.21 bits per heavy atom. The van der Waals surface area contributed by atoms with E-state index in [0.717, 1.165) is 13.1 Å². The Bertz CT molecular complexity index is 504. The van der Waals surface area contributed by atoms with Crippen LogP contribution in [-0.4, -0.2) is 22.6 Å². The third kappa shape index (κ3) is 3.19. The van der Waals surface area contributed by atoms with E-state index in [9.17, 15) is 0 Å². The molecule has 2 rings (SSSR count). The average Bonchev–Trinajstić information content (AvgIpc) is 2.93. The maximum atomic E-state index is 4.37. The molecule has 2 aromatic rings. The van der Waals surface area contributed by atoms with Gasteiger partial charge in [0.15, 0.2) is 0 Å². The van der Waals surface area contributed by atoms with Gasteiger partial charge in [-0.15, -0.1) is 11.8 Å². The van der Waals surface area contributed by atoms with Gasteiger partial charge in [0.05, 0.1) is 11.7 Å². The molecule has 0 aliphatic carbocycles. The van der Waals surface area contributed by atoms with E-state index in [2.05, 4.69) is 65.5 Å². The van der Waals surface area contributed by atoms with E-state index in [4.69, 9.17) is 0 Å². The van der Waals surface area contributed by atoms with E-state index in [1.54, 1.807) is 11.8 Å². The van der Waals surface area contributed by atoms with Gasteiger partial charge in [-0.05, 0) is 43.5 Å². The van der Waals surface area contributed by atoms with Gasteiger partial charge in [-0.25, -0.2) is 0 Å². The summed E-state index contributed by atoms with van der Waals surface area (Å²) >= 11 is 1.77. The molecular formula is C15H21N3S. The van der Waals surface area contributed by atoms with Crippen LogP contribution in [0.4, 0.5) is 0 Å². The zero-order valence-corrected chi connectivity index (χ0v) is 12.6. The molecule has 0 spiro atoms. The smallest absolute Gasteiger partial charge is 0.0748 e. The van der Waals surface area contributed by atoms with Crippen molar-refractivity contribution in [3.63, 3.8) is 0 Å². The molecule has 1 atom stereocenters. The van der Waals surface area contributed by atoms with Crippen LogP contribution in [0.15, 0.2) is 41.4 Å². The highest BCUT2D eigenvalue weighted by Gasteiger charge is 2.16. The summed E-state index contributed by atoms with van der Waals surface area (Å²) in [5.41, 5.74) is 2.51. The number of nitrogens with zero attached hydrogens (tertiary/aromatic N) is 2. The van der Waals surface area contributed by atoms with E-state index < -0.39 is 0 Å². The first kappa shape index (κ1) is 14.2. The van der Waals surface area contributed by atoms with Crippen molar-refractivity contribution in [2.45, 2.75) is 31.3 Å². The SMILES string of the molecule is CCNC(c1ccc(SC)cc1)c1ccnn1CC. The molecule has 0 amide bonds. The number of hydrogen-bond acceptors (Lipinski definition) is 3. The molecule has 0 aliphatic heterocycles. The maximum Gasteiger partial charge on any atom is 0.0748 e. The fraction of sp³-hybridized carbons (Fsp3) is 0.400. The molecule has 0 saturated carbocycles. The van der Waals surface area contributed by atoms with E-state index in [1.807, 2.05) is 6.20 Å². The number of rotatable bonds is 6. The summed E-state index contributed by atoms with van der Waals surface area (Å²) in [4.78, 5) is 1.29. The molecule has 1 unspecified atom stereocenters. The third-order valence-corrected chi connectivity index (χ3v) is 3.95. The summed E-state index contributed by atoms with van der Waals surface area (Å²) in [5, 5.41) is 7.92. The summed E-state index contributed by atoms with van der Waals surface area (Å²) in [6.07, 6.45) is 3.97. The standard InChI is InChI=1S/C15H21N3S/c1-4-16-15(14-10-11-17-18(14)5-2)12-6-8-13(19-3)9-7-12/h6-11,15-16H,4-5H2,1-3H3. The van der Waals surface area contributed by atoms with Crippen LogP contribution < -0.4 is 5.32 Å². The van der Waals surface area contributed by atoms with Crippen LogP contribution in [-0.2, 0) is 6.54 Å². The Balaban J connectivity index is 2.33. The number of aromatic nitrogens is 2. The fourth-order valence-corrected chi connectivity index (χ4v) is 2.65. The Hall–Kier alpha value is -1.26. The first-order valence-electron chi connectivity index (χ1n) is 6.69. The van der Waals surface area contributed by atoms with Crippen LogP contribution in [0.1, 0.15) is 31.1 Å². The van der Waals surface area contributed by atoms with Crippen molar-refractivity contribution in [1.29, 1.82) is 0 Å². The molecule has 0 aliphatic rings. The highest BCUT2D eigenvalue weighted by Crippen LogP contribution is 2.24. The van der Waals surface area contributed by atoms with Gasteiger partial charge in [-0.3, -0.25) is 4.68 Å². The zero-order chi connectivity index (χ0) is 13.7. The van der Waals surface area contributed by atoms with Crippen molar-refractivity contribution in [1.82, 2.24) is 15.1 Å². The van der Waals surface area contributed by atoms with Crippen molar-refractivity contribution in [3.05, 3.63) is 47.8 Å². The van der Waals surface area contributed by atoms with Crippen LogP contribution >= 0.6 is 11.8 Å². The second-order valence-electron chi connectivity index (χ2n) is 4.34. The number of aryl methyl sites for hydroxylation is 1. The fourth-order valence-electron chi connectivity index (χ4n) is 2.25. The normalized spacial score (nSPS) is 12.6. The van der Waals surface area contributed by atoms with Gasteiger partial charge in [0.2, 0.25) is 0 Å². The van der Waals surface area contributed by atoms with E-state index in [1.165, 1.54) is 16.2 Å². The topological polar surface area (TPSA) is 29.9 Å². The molecule has 0 saturated heterocycles. The lowest BCUT2D eigenvalue weighted by Gasteiger charge is -2.19. The molecule has 102 valence electrons. The number of nitrogens with one attached hydrogen (secondary N) is 1. The predicted octanol–water partition coefficient (Wildman–Crippen LogP) is 3.32. The Labute approximate surface area is 119 Å². The molecule has 0 radical (unpaired) electrons. The molecule has 19 heavy (non-hydrogen) atoms. The molecule has 0 fully saturated rings. The minimum absolute atomic E-state index is 0.211. The number of thioether (sulfide) groups is 1. The maximum absolute atomic E-state index is 4.37. The second-order valence-corrected chi connectivity index (χ2v) is 5.22. The summed E-state index contributed by atoms with van der Waals surface area (Å²) in [7, 11) is 0. The van der Waals surface area contributed by atoms with Gasteiger partial charge in [-0.2, -0.15) is 5.10 Å². The Kier molecular flexibility index (Phi) is 5.05. The molecule has 1 aromatic heterocycles. The van der Waals surface area contributed by atoms with Crippen LogP contribution in [0, 0.1) is 0 Å². The van der Waals surface area contributed by atoms with Crippen molar-refractivity contribution >= 4 is 11.8 Å². The largest absolute Gasteiger partial charge is 0.305 e. The van der Waals surface area contributed by atoms with E-state index >= 15 is 0 Å². The lowest BCUT2D eigenvalue weighted by Crippen LogP contribution is -2.24. The predicted molar refractivity (Wildman–Crippen MR) is 81.6 cm³/mol. The summed E-state index contributed by atoms with van der Waals surface area (Å²) in [5.74, 6) is 0. The van der Waals surface area contributed by atoms with Gasteiger partial charge in [0, 0.05) is 17.6 Å². The van der Waals surface area contributed by atoms with Crippen molar-refractivity contribution in [2.75, 3.05) is 12.8 Å². The average molecular weight is 275 g/mol. The molecule has 1 N–H and O–H groups in total. The number of hydrogen-bond donors (Lipinski definition) is 1. The molecule has 3 nitrogen and oxygen atoms in total. The lowest BCUT2D eigenvalue weighted by molar-refractivity contribution is 0.542. The van der Waals surface area contributed by atoms with Crippen LogP contribution in [0.5, 0.6) is 0 Å². The Morgan fingerprint density at radius 2 is 1.95 bits per heavy atom. The van der Waals surface area contributed by atoms with Gasteiger partial charge in [0.25, 0.3) is 0 Å². The van der Waals surface area contributed by atoms with Crippen molar-refractivity contribution < 1.29 is 0 Å². The van der Waals surface area contributed by atoms with E-state index in [-0.39, 0.29) is 6.04 Å². The van der Waals surface area contributed by atoms with Gasteiger partial charge >= 0.3 is 0 Å². The molecule has 4 heteroatoms. The minimum Gasteiger partial charge on any atom is -0.305 e. The molecule has 0 bridgehead atoms. The van der Waals surface area contributed by atoms with Gasteiger partial charge < -0.3 is 5.32 Å². The monoisotopic (exact) mass is 275 g/mol. The quantitative estimate of drug-likeness (QED) is 0.820. The lowest BCUT2D eigenvalue weighted by atomic mass is 10.0. The van der Waals surface area contributed by atoms with Crippen LogP contribution in [0.25, 0.3) is 0 Å². The molecule has 1 aromatic carbocycles. The molecular weight excluding hydrogens is 254 g/mol. The van der Waals surface area contributed by atoms with Crippen molar-refractivity contribution in [3.8, 4) is 0 Å².